The van der Waals surface area contributed by atoms with E-state index in [0.29, 0.717) is 0 Å². The first-order valence-electron chi connectivity index (χ1n) is 6.39. The molecular formula is C12H26N2O. The van der Waals surface area contributed by atoms with E-state index < -0.39 is 0 Å². The molecule has 2 rings (SSSR count). The second-order valence-electron chi connectivity index (χ2n) is 4.19. The molecule has 0 aromatic carbocycles. The van der Waals surface area contributed by atoms with Gasteiger partial charge in [-0.2, -0.15) is 0 Å². The molecule has 2 saturated heterocycles. The van der Waals surface area contributed by atoms with Gasteiger partial charge in [-0.25, -0.2) is 0 Å². The number of likely N-dealkylation sites (N-methyl/N-ethyl adjacent to an activating group) is 1. The standard InChI is InChI=1S/C6H13NO.C6H13N/c1-2-7-3-5-8-6-4-7;1-2-7-5-3-4-6-7/h2-6H2,1H3;2-6H2,1H3. The second-order valence-corrected chi connectivity index (χ2v) is 4.19. The molecular weight excluding hydrogens is 188 g/mol. The Kier molecular flexibility index (Phi) is 6.98. The quantitative estimate of drug-likeness (QED) is 0.692. The number of hydrogen-bond donors (Lipinski definition) is 0. The molecule has 2 aliphatic heterocycles. The molecule has 3 heteroatoms. The van der Waals surface area contributed by atoms with E-state index in [-0.39, 0.29) is 0 Å². The Bertz CT molecular complexity index is 141. The highest BCUT2D eigenvalue weighted by Crippen LogP contribution is 2.04. The van der Waals surface area contributed by atoms with Crippen LogP contribution in [0, 0.1) is 0 Å². The van der Waals surface area contributed by atoms with Crippen LogP contribution in [0.2, 0.25) is 0 Å². The SMILES string of the molecule is CCN1CCCC1.CCN1CCOCC1. The average molecular weight is 214 g/mol. The average Bonchev–Trinajstić information content (AvgIpc) is 2.84. The van der Waals surface area contributed by atoms with E-state index in [4.69, 9.17) is 4.74 Å². The van der Waals surface area contributed by atoms with Crippen LogP contribution in [0.25, 0.3) is 0 Å². The number of hydrogen-bond acceptors (Lipinski definition) is 3. The third-order valence-corrected chi connectivity index (χ3v) is 3.20. The summed E-state index contributed by atoms with van der Waals surface area (Å²) in [6, 6.07) is 0. The van der Waals surface area contributed by atoms with E-state index in [1.807, 2.05) is 0 Å². The van der Waals surface area contributed by atoms with Crippen molar-refractivity contribution in [1.29, 1.82) is 0 Å². The molecule has 3 nitrogen and oxygen atoms in total. The van der Waals surface area contributed by atoms with Crippen molar-refractivity contribution in [2.45, 2.75) is 26.7 Å². The van der Waals surface area contributed by atoms with E-state index in [1.54, 1.807) is 0 Å². The minimum atomic E-state index is 0.924. The van der Waals surface area contributed by atoms with E-state index in [0.717, 1.165) is 26.3 Å². The minimum Gasteiger partial charge on any atom is -0.379 e. The maximum absolute atomic E-state index is 5.16. The van der Waals surface area contributed by atoms with Gasteiger partial charge in [-0.05, 0) is 39.0 Å². The maximum atomic E-state index is 5.16. The number of ether oxygens (including phenoxy) is 1. The highest BCUT2D eigenvalue weighted by atomic mass is 16.5. The van der Waals surface area contributed by atoms with Crippen LogP contribution in [-0.2, 0) is 4.74 Å². The lowest BCUT2D eigenvalue weighted by molar-refractivity contribution is 0.0405. The topological polar surface area (TPSA) is 15.7 Å². The summed E-state index contributed by atoms with van der Waals surface area (Å²) in [6.07, 6.45) is 2.85. The Balaban J connectivity index is 0.000000151. The first-order valence-corrected chi connectivity index (χ1v) is 6.39. The molecule has 0 aromatic rings. The highest BCUT2D eigenvalue weighted by Gasteiger charge is 2.07. The molecule has 0 amide bonds. The smallest absolute Gasteiger partial charge is 0.0594 e. The number of likely N-dealkylation sites (tertiary alicyclic amines) is 1. The van der Waals surface area contributed by atoms with Gasteiger partial charge in [0.2, 0.25) is 0 Å². The molecule has 0 radical (unpaired) electrons. The molecule has 0 atom stereocenters. The van der Waals surface area contributed by atoms with Crippen molar-refractivity contribution in [3.8, 4) is 0 Å². The van der Waals surface area contributed by atoms with Crippen molar-refractivity contribution >= 4 is 0 Å². The number of morpholine rings is 1. The van der Waals surface area contributed by atoms with Crippen molar-refractivity contribution in [2.24, 2.45) is 0 Å². The van der Waals surface area contributed by atoms with E-state index in [1.165, 1.54) is 39.0 Å². The Hall–Kier alpha value is -0.120. The van der Waals surface area contributed by atoms with Crippen molar-refractivity contribution in [3.05, 3.63) is 0 Å². The lowest BCUT2D eigenvalue weighted by Crippen LogP contribution is -2.35. The van der Waals surface area contributed by atoms with Gasteiger partial charge in [0.05, 0.1) is 13.2 Å². The summed E-state index contributed by atoms with van der Waals surface area (Å²) in [7, 11) is 0. The molecule has 0 spiro atoms. The summed E-state index contributed by atoms with van der Waals surface area (Å²) in [4.78, 5) is 4.88. The van der Waals surface area contributed by atoms with Crippen LogP contribution < -0.4 is 0 Å². The van der Waals surface area contributed by atoms with Crippen LogP contribution in [0.1, 0.15) is 26.7 Å². The van der Waals surface area contributed by atoms with Crippen LogP contribution >= 0.6 is 0 Å². The van der Waals surface area contributed by atoms with E-state index in [9.17, 15) is 0 Å². The van der Waals surface area contributed by atoms with Crippen molar-refractivity contribution < 1.29 is 4.74 Å². The highest BCUT2D eigenvalue weighted by molar-refractivity contribution is 4.62. The monoisotopic (exact) mass is 214 g/mol. The van der Waals surface area contributed by atoms with E-state index in [2.05, 4.69) is 23.6 Å². The zero-order valence-electron chi connectivity index (χ0n) is 10.4. The molecule has 90 valence electrons. The molecule has 2 heterocycles. The van der Waals surface area contributed by atoms with Gasteiger partial charge >= 0.3 is 0 Å². The van der Waals surface area contributed by atoms with Gasteiger partial charge < -0.3 is 9.64 Å². The van der Waals surface area contributed by atoms with Gasteiger partial charge in [-0.1, -0.05) is 13.8 Å². The Labute approximate surface area is 94.4 Å². The van der Waals surface area contributed by atoms with Crippen LogP contribution in [0.4, 0.5) is 0 Å². The van der Waals surface area contributed by atoms with Gasteiger partial charge in [0.25, 0.3) is 0 Å². The van der Waals surface area contributed by atoms with Crippen LogP contribution in [-0.4, -0.2) is 62.3 Å². The predicted molar refractivity (Wildman–Crippen MR) is 64.3 cm³/mol. The summed E-state index contributed by atoms with van der Waals surface area (Å²) in [6.45, 7) is 13.6. The molecule has 0 unspecified atom stereocenters. The van der Waals surface area contributed by atoms with Crippen LogP contribution in [0.5, 0.6) is 0 Å². The lowest BCUT2D eigenvalue weighted by atomic mass is 10.4. The maximum Gasteiger partial charge on any atom is 0.0594 e. The summed E-state index contributed by atoms with van der Waals surface area (Å²) in [5, 5.41) is 0. The fraction of sp³-hybridized carbons (Fsp3) is 1.00. The lowest BCUT2D eigenvalue weighted by Gasteiger charge is -2.24. The first-order chi connectivity index (χ1) is 7.36. The summed E-state index contributed by atoms with van der Waals surface area (Å²) in [5.74, 6) is 0. The third-order valence-electron chi connectivity index (χ3n) is 3.20. The second kappa shape index (κ2) is 8.08. The van der Waals surface area contributed by atoms with Crippen molar-refractivity contribution in [3.63, 3.8) is 0 Å². The van der Waals surface area contributed by atoms with E-state index >= 15 is 0 Å². The largest absolute Gasteiger partial charge is 0.379 e. The van der Waals surface area contributed by atoms with Gasteiger partial charge in [-0.3, -0.25) is 4.90 Å². The first kappa shape index (κ1) is 12.9. The number of nitrogens with zero attached hydrogens (tertiary/aromatic N) is 2. The fourth-order valence-electron chi connectivity index (χ4n) is 2.02. The Morgan fingerprint density at radius 2 is 1.27 bits per heavy atom. The fourth-order valence-corrected chi connectivity index (χ4v) is 2.02. The molecule has 2 aliphatic rings. The molecule has 2 fully saturated rings. The minimum absolute atomic E-state index is 0.924. The molecule has 0 N–H and O–H groups in total. The Morgan fingerprint density at radius 3 is 1.60 bits per heavy atom. The predicted octanol–water partition coefficient (Wildman–Crippen LogP) is 1.44. The molecule has 0 aromatic heterocycles. The number of rotatable bonds is 2. The zero-order valence-corrected chi connectivity index (χ0v) is 10.4. The van der Waals surface area contributed by atoms with Crippen molar-refractivity contribution in [1.82, 2.24) is 9.80 Å². The van der Waals surface area contributed by atoms with Crippen molar-refractivity contribution in [2.75, 3.05) is 52.5 Å². The van der Waals surface area contributed by atoms with Gasteiger partial charge in [0.1, 0.15) is 0 Å². The molecule has 0 bridgehead atoms. The molecule has 0 aliphatic carbocycles. The van der Waals surface area contributed by atoms with Gasteiger partial charge in [-0.15, -0.1) is 0 Å². The Morgan fingerprint density at radius 1 is 0.800 bits per heavy atom. The zero-order chi connectivity index (χ0) is 10.9. The van der Waals surface area contributed by atoms with Crippen LogP contribution in [0.15, 0.2) is 0 Å². The molecule has 15 heavy (non-hydrogen) atoms. The summed E-state index contributed by atoms with van der Waals surface area (Å²) in [5.41, 5.74) is 0. The third kappa shape index (κ3) is 5.50. The van der Waals surface area contributed by atoms with Gasteiger partial charge in [0.15, 0.2) is 0 Å². The van der Waals surface area contributed by atoms with Crippen LogP contribution in [0.3, 0.4) is 0 Å². The summed E-state index contributed by atoms with van der Waals surface area (Å²) >= 11 is 0. The summed E-state index contributed by atoms with van der Waals surface area (Å²) < 4.78 is 5.16. The van der Waals surface area contributed by atoms with Gasteiger partial charge in [0, 0.05) is 13.1 Å². The normalized spacial score (nSPS) is 23.6. The molecule has 0 saturated carbocycles.